The third-order valence-electron chi connectivity index (χ3n) is 5.82. The van der Waals surface area contributed by atoms with E-state index in [2.05, 4.69) is 10.6 Å². The summed E-state index contributed by atoms with van der Waals surface area (Å²) in [7, 11) is 0. The molecule has 16 N–H and O–H groups in total. The smallest absolute Gasteiger partial charge is 0.326 e. The van der Waals surface area contributed by atoms with Crippen molar-refractivity contribution >= 4 is 35.8 Å². The number of benzene rings is 1. The van der Waals surface area contributed by atoms with Gasteiger partial charge in [0, 0.05) is 6.42 Å². The first-order chi connectivity index (χ1) is 21.1. The molecule has 2 aliphatic heterocycles. The molecule has 0 unspecified atom stereocenters. The fourth-order valence-corrected chi connectivity index (χ4v) is 3.19. The van der Waals surface area contributed by atoms with Crippen LogP contribution < -0.4 is 33.6 Å². The fourth-order valence-electron chi connectivity index (χ4n) is 3.19. The Hall–Kier alpha value is -4.20. The Bertz CT molecular complexity index is 1040. The first-order valence-electron chi connectivity index (χ1n) is 13.9. The molecule has 0 spiro atoms. The number of aliphatic carboxylic acids is 5. The molecule has 45 heavy (non-hydrogen) atoms. The molecule has 0 saturated carbocycles. The van der Waals surface area contributed by atoms with Crippen LogP contribution in [0, 0.1) is 0 Å². The summed E-state index contributed by atoms with van der Waals surface area (Å²) in [4.78, 5) is 60.7. The van der Waals surface area contributed by atoms with Crippen molar-refractivity contribution in [2.24, 2.45) is 22.9 Å². The summed E-state index contributed by atoms with van der Waals surface area (Å²) in [5, 5.41) is 54.5. The van der Waals surface area contributed by atoms with E-state index >= 15 is 0 Å². The molecular weight excluding hydrogens is 600 g/mol. The molecule has 1 aromatic carbocycles. The first-order valence-corrected chi connectivity index (χ1v) is 13.9. The van der Waals surface area contributed by atoms with Crippen molar-refractivity contribution in [3.63, 3.8) is 0 Å². The van der Waals surface area contributed by atoms with Crippen LogP contribution in [0.15, 0.2) is 30.3 Å². The number of carbonyl (C=O) groups is 6. The van der Waals surface area contributed by atoms with Crippen LogP contribution in [0.25, 0.3) is 0 Å². The predicted molar refractivity (Wildman–Crippen MR) is 160 cm³/mol. The Labute approximate surface area is 259 Å². The maximum Gasteiger partial charge on any atom is 0.326 e. The van der Waals surface area contributed by atoms with Gasteiger partial charge in [-0.05, 0) is 57.2 Å². The number of amides is 1. The number of carboxylic acids is 5. The summed E-state index contributed by atoms with van der Waals surface area (Å²) in [6.45, 7) is 0.854. The van der Waals surface area contributed by atoms with Gasteiger partial charge in [0.1, 0.15) is 30.2 Å². The van der Waals surface area contributed by atoms with Crippen LogP contribution in [0.2, 0.25) is 0 Å². The Morgan fingerprint density at radius 2 is 1.33 bits per heavy atom. The van der Waals surface area contributed by atoms with Crippen LogP contribution in [0.5, 0.6) is 0 Å². The Morgan fingerprint density at radius 1 is 0.800 bits per heavy atom. The minimum atomic E-state index is -1.18. The van der Waals surface area contributed by atoms with Crippen molar-refractivity contribution in [2.75, 3.05) is 19.7 Å². The van der Waals surface area contributed by atoms with Gasteiger partial charge in [-0.25, -0.2) is 4.79 Å². The van der Waals surface area contributed by atoms with E-state index in [0.29, 0.717) is 38.6 Å². The van der Waals surface area contributed by atoms with Gasteiger partial charge in [-0.1, -0.05) is 30.3 Å². The first kappa shape index (κ1) is 42.9. The van der Waals surface area contributed by atoms with E-state index in [1.165, 1.54) is 0 Å². The maximum absolute atomic E-state index is 10.4. The number of nitrogens with one attached hydrogen (secondary N) is 2. The summed E-state index contributed by atoms with van der Waals surface area (Å²) < 4.78 is 0. The highest BCUT2D eigenvalue weighted by atomic mass is 16.4. The van der Waals surface area contributed by atoms with Gasteiger partial charge in [0.15, 0.2) is 0 Å². The Morgan fingerprint density at radius 3 is 1.62 bits per heavy atom. The highest BCUT2D eigenvalue weighted by Gasteiger charge is 2.26. The summed E-state index contributed by atoms with van der Waals surface area (Å²) >= 11 is 0. The molecular formula is C27H46N6O12. The third kappa shape index (κ3) is 22.9. The third-order valence-corrected chi connectivity index (χ3v) is 5.82. The fraction of sp³-hybridized carbons (Fsp3) is 0.556. The number of nitrogens with two attached hydrogens (primary N) is 4. The standard InChI is InChI=1S/C9H11NO2.C5H12N2O2.C5H7NO3.C5H9NO2.C3H7NO3/c10-8(9(11)12)6-7-4-2-1-3-5-7;6-3-1-2-4(7)5(8)9;7-4-2-1-3(6-4)5(8)9;7-5(8)4-2-1-3-6-4;4-2(1-5)3(6)7/h1-5,8H,6,10H2,(H,11,12);4H,1-3,6-7H2,(H,8,9);3H,1-2H2,(H,6,7)(H,8,9);4,6H,1-3H2,(H,7,8);2,5H,1,4H2,(H,6,7)/t8-;4-;3-;4-;2-/m00000/s1. The molecule has 1 amide bonds. The molecule has 0 radical (unpaired) electrons. The second-order valence-corrected chi connectivity index (χ2v) is 9.62. The molecule has 18 heteroatoms. The molecule has 0 aromatic heterocycles. The van der Waals surface area contributed by atoms with Crippen molar-refractivity contribution in [3.05, 3.63) is 35.9 Å². The van der Waals surface area contributed by atoms with Crippen LogP contribution in [-0.2, 0) is 35.2 Å². The molecule has 2 heterocycles. The van der Waals surface area contributed by atoms with E-state index in [-0.39, 0.29) is 11.9 Å². The Balaban J connectivity index is 0. The van der Waals surface area contributed by atoms with Crippen molar-refractivity contribution in [1.29, 1.82) is 0 Å². The van der Waals surface area contributed by atoms with Gasteiger partial charge in [-0.3, -0.25) is 24.0 Å². The van der Waals surface area contributed by atoms with E-state index in [1.807, 2.05) is 30.3 Å². The highest BCUT2D eigenvalue weighted by molar-refractivity contribution is 5.87. The van der Waals surface area contributed by atoms with Gasteiger partial charge in [0.25, 0.3) is 0 Å². The normalized spacial score (nSPS) is 18.2. The number of hydrogen-bond donors (Lipinski definition) is 12. The van der Waals surface area contributed by atoms with Crippen LogP contribution in [-0.4, -0.2) is 116 Å². The lowest BCUT2D eigenvalue weighted by Crippen LogP contribution is -2.33. The second kappa shape index (κ2) is 25.2. The van der Waals surface area contributed by atoms with E-state index in [1.54, 1.807) is 0 Å². The number of carbonyl (C=O) groups excluding carboxylic acids is 1. The topological polar surface area (TPSA) is 352 Å². The van der Waals surface area contributed by atoms with E-state index in [4.69, 9.17) is 53.6 Å². The molecule has 0 aliphatic carbocycles. The summed E-state index contributed by atoms with van der Waals surface area (Å²) in [5.41, 5.74) is 21.3. The SMILES string of the molecule is NCCC[C@H](N)C(=O)O.N[C@@H](CO)C(=O)O.N[C@@H](Cc1ccccc1)C(=O)O.O=C(O)[C@@H]1CCCN1.O=C1CC[C@@H](C(=O)O)N1. The second-order valence-electron chi connectivity index (χ2n) is 9.62. The monoisotopic (exact) mass is 646 g/mol. The van der Waals surface area contributed by atoms with Crippen LogP contribution in [0.4, 0.5) is 0 Å². The zero-order chi connectivity index (χ0) is 34.9. The summed E-state index contributed by atoms with van der Waals surface area (Å²) in [6.07, 6.45) is 4.08. The summed E-state index contributed by atoms with van der Waals surface area (Å²) in [6, 6.07) is 5.77. The molecule has 2 saturated heterocycles. The van der Waals surface area contributed by atoms with Crippen LogP contribution in [0.1, 0.15) is 44.1 Å². The molecule has 256 valence electrons. The lowest BCUT2D eigenvalue weighted by Gasteiger charge is -2.04. The molecule has 1 aromatic rings. The minimum Gasteiger partial charge on any atom is -0.480 e. The molecule has 2 aliphatic rings. The van der Waals surface area contributed by atoms with Gasteiger partial charge in [0.05, 0.1) is 6.61 Å². The highest BCUT2D eigenvalue weighted by Crippen LogP contribution is 2.05. The largest absolute Gasteiger partial charge is 0.480 e. The average molecular weight is 647 g/mol. The average Bonchev–Trinajstić information content (AvgIpc) is 3.70. The van der Waals surface area contributed by atoms with Crippen molar-refractivity contribution in [2.45, 2.75) is 75.2 Å². The number of rotatable bonds is 11. The molecule has 18 nitrogen and oxygen atoms in total. The van der Waals surface area contributed by atoms with Crippen LogP contribution in [0.3, 0.4) is 0 Å². The van der Waals surface area contributed by atoms with Crippen molar-refractivity contribution in [3.8, 4) is 0 Å². The predicted octanol–water partition coefficient (Wildman–Crippen LogP) is -2.66. The zero-order valence-electron chi connectivity index (χ0n) is 24.8. The quantitative estimate of drug-likeness (QED) is 0.117. The molecule has 3 rings (SSSR count). The number of aliphatic hydroxyl groups is 1. The van der Waals surface area contributed by atoms with Gasteiger partial charge in [0.2, 0.25) is 5.91 Å². The number of carboxylic acid groups (broad SMARTS) is 5. The molecule has 5 atom stereocenters. The minimum absolute atomic E-state index is 0.164. The van der Waals surface area contributed by atoms with Gasteiger partial charge < -0.3 is 64.2 Å². The van der Waals surface area contributed by atoms with Gasteiger partial charge in [-0.2, -0.15) is 0 Å². The zero-order valence-corrected chi connectivity index (χ0v) is 24.8. The Kier molecular flexibility index (Phi) is 24.0. The van der Waals surface area contributed by atoms with E-state index in [9.17, 15) is 28.8 Å². The summed E-state index contributed by atoms with van der Waals surface area (Å²) in [5.74, 6) is -4.92. The van der Waals surface area contributed by atoms with Crippen molar-refractivity contribution in [1.82, 2.24) is 10.6 Å². The molecule has 2 fully saturated rings. The molecule has 0 bridgehead atoms. The van der Waals surface area contributed by atoms with Crippen molar-refractivity contribution < 1.29 is 59.4 Å². The lowest BCUT2D eigenvalue weighted by atomic mass is 10.1. The van der Waals surface area contributed by atoms with Gasteiger partial charge in [-0.15, -0.1) is 0 Å². The van der Waals surface area contributed by atoms with Gasteiger partial charge >= 0.3 is 29.8 Å². The number of hydrogen-bond acceptors (Lipinski definition) is 12. The van der Waals surface area contributed by atoms with E-state index < -0.39 is 60.6 Å². The number of aliphatic hydroxyl groups excluding tert-OH is 1. The van der Waals surface area contributed by atoms with Crippen LogP contribution >= 0.6 is 0 Å². The van der Waals surface area contributed by atoms with E-state index in [0.717, 1.165) is 24.9 Å². The lowest BCUT2D eigenvalue weighted by molar-refractivity contribution is -0.140. The maximum atomic E-state index is 10.4.